The summed E-state index contributed by atoms with van der Waals surface area (Å²) in [6.07, 6.45) is 5.07. The predicted molar refractivity (Wildman–Crippen MR) is 82.7 cm³/mol. The highest BCUT2D eigenvalue weighted by Crippen LogP contribution is 2.38. The highest BCUT2D eigenvalue weighted by atomic mass is 16.5. The topological polar surface area (TPSA) is 26.3 Å². The maximum atomic E-state index is 12.1. The van der Waals surface area contributed by atoms with Gasteiger partial charge in [-0.3, -0.25) is 4.79 Å². The van der Waals surface area contributed by atoms with Crippen LogP contribution in [0.25, 0.3) is 10.8 Å². The summed E-state index contributed by atoms with van der Waals surface area (Å²) < 4.78 is 5.48. The Morgan fingerprint density at radius 3 is 2.71 bits per heavy atom. The third kappa shape index (κ3) is 2.25. The second-order valence-corrected chi connectivity index (χ2v) is 6.01. The minimum Gasteiger partial charge on any atom is -0.431 e. The molecule has 4 rings (SSSR count). The van der Waals surface area contributed by atoms with E-state index in [1.54, 1.807) is 0 Å². The molecule has 2 nitrogen and oxygen atoms in total. The normalized spacial score (nSPS) is 21.5. The summed E-state index contributed by atoms with van der Waals surface area (Å²) in [6.45, 7) is 0. The minimum absolute atomic E-state index is 0.0462. The fraction of sp³-hybridized carbons (Fsp3) is 0.316. The van der Waals surface area contributed by atoms with Crippen LogP contribution >= 0.6 is 0 Å². The van der Waals surface area contributed by atoms with Crippen molar-refractivity contribution in [2.75, 3.05) is 0 Å². The lowest BCUT2D eigenvalue weighted by Gasteiger charge is -2.15. The van der Waals surface area contributed by atoms with E-state index in [9.17, 15) is 4.79 Å². The van der Waals surface area contributed by atoms with Crippen molar-refractivity contribution in [3.63, 3.8) is 0 Å². The molecule has 106 valence electrons. The number of esters is 1. The molecule has 1 aliphatic heterocycles. The van der Waals surface area contributed by atoms with Gasteiger partial charge >= 0.3 is 5.97 Å². The number of carbonyl (C=O) groups is 1. The smallest absolute Gasteiger partial charge is 0.318 e. The number of allylic oxidation sites excluding steroid dienone is 1. The number of benzene rings is 2. The molecule has 0 aromatic heterocycles. The fourth-order valence-corrected chi connectivity index (χ4v) is 3.53. The molecule has 1 aliphatic carbocycles. The maximum absolute atomic E-state index is 12.1. The minimum atomic E-state index is -0.0542. The van der Waals surface area contributed by atoms with Gasteiger partial charge in [0.2, 0.25) is 0 Å². The SMILES string of the molecule is O=C1OC2=C(CCCC2)C1Cc1ccc2ccccc2c1. The van der Waals surface area contributed by atoms with Gasteiger partial charge in [-0.25, -0.2) is 0 Å². The van der Waals surface area contributed by atoms with Crippen LogP contribution in [0, 0.1) is 5.92 Å². The molecule has 1 unspecified atom stereocenters. The molecule has 0 saturated heterocycles. The van der Waals surface area contributed by atoms with Crippen molar-refractivity contribution in [3.8, 4) is 0 Å². The lowest BCUT2D eigenvalue weighted by Crippen LogP contribution is -2.15. The molecule has 2 aromatic rings. The van der Waals surface area contributed by atoms with E-state index < -0.39 is 0 Å². The molecule has 0 saturated carbocycles. The van der Waals surface area contributed by atoms with Gasteiger partial charge in [0.15, 0.2) is 0 Å². The number of fused-ring (bicyclic) bond motifs is 1. The Hall–Kier alpha value is -2.09. The van der Waals surface area contributed by atoms with Gasteiger partial charge in [0.25, 0.3) is 0 Å². The van der Waals surface area contributed by atoms with Gasteiger partial charge in [-0.15, -0.1) is 0 Å². The zero-order valence-corrected chi connectivity index (χ0v) is 12.0. The lowest BCUT2D eigenvalue weighted by atomic mass is 9.86. The largest absolute Gasteiger partial charge is 0.431 e. The Labute approximate surface area is 124 Å². The standard InChI is InChI=1S/C19H18O2/c20-19-17(16-7-3-4-8-18(16)21-19)12-13-9-10-14-5-1-2-6-15(14)11-13/h1-2,5-6,9-11,17H,3-4,7-8,12H2. The zero-order valence-electron chi connectivity index (χ0n) is 12.0. The van der Waals surface area contributed by atoms with Crippen LogP contribution in [-0.4, -0.2) is 5.97 Å². The average Bonchev–Trinajstić information content (AvgIpc) is 2.83. The molecule has 0 N–H and O–H groups in total. The van der Waals surface area contributed by atoms with Crippen LogP contribution in [0.3, 0.4) is 0 Å². The van der Waals surface area contributed by atoms with Crippen molar-refractivity contribution in [1.82, 2.24) is 0 Å². The zero-order chi connectivity index (χ0) is 14.2. The van der Waals surface area contributed by atoms with Gasteiger partial charge in [0.05, 0.1) is 5.92 Å². The first-order chi connectivity index (χ1) is 10.3. The molecule has 1 atom stereocenters. The quantitative estimate of drug-likeness (QED) is 0.762. The Morgan fingerprint density at radius 2 is 1.81 bits per heavy atom. The molecule has 0 radical (unpaired) electrons. The summed E-state index contributed by atoms with van der Waals surface area (Å²) in [5, 5.41) is 2.48. The highest BCUT2D eigenvalue weighted by Gasteiger charge is 2.36. The molecule has 1 heterocycles. The molecule has 2 aliphatic rings. The van der Waals surface area contributed by atoms with E-state index in [1.807, 2.05) is 0 Å². The molecular weight excluding hydrogens is 260 g/mol. The molecule has 2 heteroatoms. The molecule has 2 aromatic carbocycles. The average molecular weight is 278 g/mol. The molecule has 0 bridgehead atoms. The van der Waals surface area contributed by atoms with Gasteiger partial charge in [-0.05, 0) is 47.6 Å². The second-order valence-electron chi connectivity index (χ2n) is 6.01. The summed E-state index contributed by atoms with van der Waals surface area (Å²) in [4.78, 5) is 12.1. The van der Waals surface area contributed by atoms with Crippen LogP contribution in [0.4, 0.5) is 0 Å². The van der Waals surface area contributed by atoms with Gasteiger partial charge in [0.1, 0.15) is 5.76 Å². The summed E-state index contributed by atoms with van der Waals surface area (Å²) in [6, 6.07) is 14.8. The van der Waals surface area contributed by atoms with Crippen molar-refractivity contribution in [2.24, 2.45) is 5.92 Å². The van der Waals surface area contributed by atoms with E-state index in [0.29, 0.717) is 0 Å². The van der Waals surface area contributed by atoms with E-state index >= 15 is 0 Å². The molecule has 0 amide bonds. The van der Waals surface area contributed by atoms with Gasteiger partial charge in [-0.2, -0.15) is 0 Å². The van der Waals surface area contributed by atoms with Crippen LogP contribution in [-0.2, 0) is 16.0 Å². The van der Waals surface area contributed by atoms with Crippen molar-refractivity contribution >= 4 is 16.7 Å². The van der Waals surface area contributed by atoms with Crippen LogP contribution in [0.2, 0.25) is 0 Å². The molecule has 0 fully saturated rings. The first-order valence-corrected chi connectivity index (χ1v) is 7.72. The first-order valence-electron chi connectivity index (χ1n) is 7.72. The summed E-state index contributed by atoms with van der Waals surface area (Å²) >= 11 is 0. The van der Waals surface area contributed by atoms with Gasteiger partial charge in [-0.1, -0.05) is 42.5 Å². The number of hydrogen-bond acceptors (Lipinski definition) is 2. The van der Waals surface area contributed by atoms with Gasteiger partial charge < -0.3 is 4.74 Å². The lowest BCUT2D eigenvalue weighted by molar-refractivity contribution is -0.140. The monoisotopic (exact) mass is 278 g/mol. The molecule has 0 spiro atoms. The number of hydrogen-bond donors (Lipinski definition) is 0. The van der Waals surface area contributed by atoms with Crippen molar-refractivity contribution in [2.45, 2.75) is 32.1 Å². The van der Waals surface area contributed by atoms with E-state index in [0.717, 1.165) is 31.4 Å². The van der Waals surface area contributed by atoms with Crippen molar-refractivity contribution < 1.29 is 9.53 Å². The summed E-state index contributed by atoms with van der Waals surface area (Å²) in [5.74, 6) is 0.869. The van der Waals surface area contributed by atoms with E-state index in [-0.39, 0.29) is 11.9 Å². The van der Waals surface area contributed by atoms with Gasteiger partial charge in [0, 0.05) is 6.42 Å². The third-order valence-corrected chi connectivity index (χ3v) is 4.64. The predicted octanol–water partition coefficient (Wildman–Crippen LogP) is 4.38. The van der Waals surface area contributed by atoms with Crippen LogP contribution in [0.15, 0.2) is 53.8 Å². The number of carbonyl (C=O) groups excluding carboxylic acids is 1. The van der Waals surface area contributed by atoms with E-state index in [4.69, 9.17) is 4.74 Å². The number of rotatable bonds is 2. The van der Waals surface area contributed by atoms with Crippen LogP contribution in [0.1, 0.15) is 31.2 Å². The third-order valence-electron chi connectivity index (χ3n) is 4.64. The Morgan fingerprint density at radius 1 is 1.00 bits per heavy atom. The molecular formula is C19H18O2. The Bertz CT molecular complexity index is 742. The van der Waals surface area contributed by atoms with Crippen LogP contribution in [0.5, 0.6) is 0 Å². The van der Waals surface area contributed by atoms with Crippen LogP contribution < -0.4 is 0 Å². The van der Waals surface area contributed by atoms with Crippen molar-refractivity contribution in [3.05, 3.63) is 59.4 Å². The summed E-state index contributed by atoms with van der Waals surface area (Å²) in [7, 11) is 0. The Balaban J connectivity index is 1.64. The molecule has 21 heavy (non-hydrogen) atoms. The first kappa shape index (κ1) is 12.6. The summed E-state index contributed by atoms with van der Waals surface area (Å²) in [5.41, 5.74) is 2.48. The maximum Gasteiger partial charge on any atom is 0.318 e. The highest BCUT2D eigenvalue weighted by molar-refractivity contribution is 5.84. The fourth-order valence-electron chi connectivity index (χ4n) is 3.53. The Kier molecular flexibility index (Phi) is 3.03. The number of ether oxygens (including phenoxy) is 1. The second kappa shape index (κ2) is 5.03. The van der Waals surface area contributed by atoms with Crippen molar-refractivity contribution in [1.29, 1.82) is 0 Å². The van der Waals surface area contributed by atoms with E-state index in [2.05, 4.69) is 42.5 Å². The van der Waals surface area contributed by atoms with E-state index in [1.165, 1.54) is 28.3 Å².